The van der Waals surface area contributed by atoms with Gasteiger partial charge in [-0.2, -0.15) is 11.3 Å². The van der Waals surface area contributed by atoms with Crippen LogP contribution in [0.2, 0.25) is 0 Å². The molecule has 0 unspecified atom stereocenters. The van der Waals surface area contributed by atoms with E-state index in [4.69, 9.17) is 9.47 Å². The SMILES string of the molecule is C1=C(c2ccsc2)Oc2ccccc2O1. The zero-order valence-electron chi connectivity index (χ0n) is 7.84. The molecule has 0 radical (unpaired) electrons. The second-order valence-electron chi connectivity index (χ2n) is 3.16. The molecule has 1 aromatic carbocycles. The molecule has 74 valence electrons. The van der Waals surface area contributed by atoms with E-state index in [1.807, 2.05) is 41.1 Å². The summed E-state index contributed by atoms with van der Waals surface area (Å²) in [6.45, 7) is 0. The van der Waals surface area contributed by atoms with Gasteiger partial charge in [-0.1, -0.05) is 12.1 Å². The van der Waals surface area contributed by atoms with E-state index in [2.05, 4.69) is 0 Å². The number of ether oxygens (including phenoxy) is 2. The molecule has 0 amide bonds. The molecule has 2 heterocycles. The summed E-state index contributed by atoms with van der Waals surface area (Å²) in [7, 11) is 0. The lowest BCUT2D eigenvalue weighted by Crippen LogP contribution is -2.02. The van der Waals surface area contributed by atoms with E-state index in [9.17, 15) is 0 Å². The topological polar surface area (TPSA) is 18.5 Å². The van der Waals surface area contributed by atoms with Gasteiger partial charge in [0.25, 0.3) is 0 Å². The van der Waals surface area contributed by atoms with E-state index in [0.717, 1.165) is 22.8 Å². The van der Waals surface area contributed by atoms with Gasteiger partial charge < -0.3 is 9.47 Å². The summed E-state index contributed by atoms with van der Waals surface area (Å²) < 4.78 is 11.2. The average Bonchev–Trinajstić information content (AvgIpc) is 2.82. The lowest BCUT2D eigenvalue weighted by molar-refractivity contribution is 0.383. The second kappa shape index (κ2) is 3.44. The van der Waals surface area contributed by atoms with Gasteiger partial charge in [-0.05, 0) is 23.6 Å². The minimum absolute atomic E-state index is 0.759. The van der Waals surface area contributed by atoms with Gasteiger partial charge in [0.15, 0.2) is 17.3 Å². The molecule has 1 aromatic heterocycles. The zero-order valence-corrected chi connectivity index (χ0v) is 8.66. The van der Waals surface area contributed by atoms with Crippen molar-refractivity contribution >= 4 is 17.1 Å². The molecule has 0 N–H and O–H groups in total. The molecule has 0 spiro atoms. The molecule has 1 aliphatic heterocycles. The van der Waals surface area contributed by atoms with Crippen molar-refractivity contribution in [1.29, 1.82) is 0 Å². The summed E-state index contributed by atoms with van der Waals surface area (Å²) in [6, 6.07) is 9.64. The summed E-state index contributed by atoms with van der Waals surface area (Å²) in [5.41, 5.74) is 1.05. The Balaban J connectivity index is 1.96. The van der Waals surface area contributed by atoms with Crippen LogP contribution in [0, 0.1) is 0 Å². The summed E-state index contributed by atoms with van der Waals surface area (Å²) >= 11 is 1.64. The van der Waals surface area contributed by atoms with Crippen LogP contribution >= 0.6 is 11.3 Å². The molecule has 0 fully saturated rings. The molecule has 0 bridgehead atoms. The van der Waals surface area contributed by atoms with Crippen LogP contribution in [0.15, 0.2) is 47.4 Å². The van der Waals surface area contributed by atoms with Crippen molar-refractivity contribution in [3.63, 3.8) is 0 Å². The number of hydrogen-bond acceptors (Lipinski definition) is 3. The van der Waals surface area contributed by atoms with Crippen molar-refractivity contribution in [2.24, 2.45) is 0 Å². The molecular weight excluding hydrogens is 208 g/mol. The van der Waals surface area contributed by atoms with E-state index in [1.165, 1.54) is 0 Å². The normalized spacial score (nSPS) is 13.5. The van der Waals surface area contributed by atoms with Gasteiger partial charge in [0.1, 0.15) is 6.26 Å². The van der Waals surface area contributed by atoms with Gasteiger partial charge in [0, 0.05) is 10.9 Å². The van der Waals surface area contributed by atoms with Crippen molar-refractivity contribution in [3.8, 4) is 11.5 Å². The largest absolute Gasteiger partial charge is 0.457 e. The molecule has 2 aromatic rings. The van der Waals surface area contributed by atoms with Crippen molar-refractivity contribution in [1.82, 2.24) is 0 Å². The third-order valence-electron chi connectivity index (χ3n) is 2.17. The Bertz CT molecular complexity index is 500. The lowest BCUT2D eigenvalue weighted by Gasteiger charge is -2.17. The first kappa shape index (κ1) is 8.56. The smallest absolute Gasteiger partial charge is 0.170 e. The molecule has 1 aliphatic rings. The van der Waals surface area contributed by atoms with Gasteiger partial charge in [-0.25, -0.2) is 0 Å². The van der Waals surface area contributed by atoms with E-state index < -0.39 is 0 Å². The van der Waals surface area contributed by atoms with E-state index >= 15 is 0 Å². The van der Waals surface area contributed by atoms with Crippen LogP contribution in [0.1, 0.15) is 5.56 Å². The predicted octanol–water partition coefficient (Wildman–Crippen LogP) is 3.52. The maximum atomic E-state index is 5.72. The van der Waals surface area contributed by atoms with Crippen LogP contribution in [0.5, 0.6) is 11.5 Å². The van der Waals surface area contributed by atoms with Gasteiger partial charge in [0.2, 0.25) is 0 Å². The molecule has 2 nitrogen and oxygen atoms in total. The molecule has 0 saturated heterocycles. The second-order valence-corrected chi connectivity index (χ2v) is 3.94. The van der Waals surface area contributed by atoms with Crippen LogP contribution in [-0.2, 0) is 0 Å². The Labute approximate surface area is 91.4 Å². The highest BCUT2D eigenvalue weighted by atomic mass is 32.1. The molecule has 0 saturated carbocycles. The van der Waals surface area contributed by atoms with Crippen molar-refractivity contribution < 1.29 is 9.47 Å². The number of rotatable bonds is 1. The van der Waals surface area contributed by atoms with Crippen LogP contribution < -0.4 is 9.47 Å². The van der Waals surface area contributed by atoms with E-state index in [-0.39, 0.29) is 0 Å². The molecular formula is C12H8O2S. The molecule has 0 atom stereocenters. The molecule has 3 heteroatoms. The number of fused-ring (bicyclic) bond motifs is 1. The van der Waals surface area contributed by atoms with Crippen LogP contribution in [0.25, 0.3) is 5.76 Å². The number of hydrogen-bond donors (Lipinski definition) is 0. The highest BCUT2D eigenvalue weighted by molar-refractivity contribution is 7.08. The fourth-order valence-corrected chi connectivity index (χ4v) is 2.07. The minimum atomic E-state index is 0.759. The Hall–Kier alpha value is -1.74. The summed E-state index contributed by atoms with van der Waals surface area (Å²) in [4.78, 5) is 0. The maximum absolute atomic E-state index is 5.72. The number of para-hydroxylation sites is 2. The van der Waals surface area contributed by atoms with Crippen LogP contribution in [-0.4, -0.2) is 0 Å². The first-order valence-electron chi connectivity index (χ1n) is 4.60. The van der Waals surface area contributed by atoms with Crippen molar-refractivity contribution in [2.75, 3.05) is 0 Å². The number of benzene rings is 1. The summed E-state index contributed by atoms with van der Waals surface area (Å²) in [6.07, 6.45) is 1.64. The Morgan fingerprint density at radius 1 is 1.00 bits per heavy atom. The van der Waals surface area contributed by atoms with E-state index in [1.54, 1.807) is 17.6 Å². The quantitative estimate of drug-likeness (QED) is 0.726. The van der Waals surface area contributed by atoms with Crippen molar-refractivity contribution in [3.05, 3.63) is 52.9 Å². The van der Waals surface area contributed by atoms with Gasteiger partial charge in [-0.15, -0.1) is 0 Å². The standard InChI is InChI=1S/C12H8O2S/c1-2-4-11-10(3-1)13-7-12(14-11)9-5-6-15-8-9/h1-8H. The summed E-state index contributed by atoms with van der Waals surface area (Å²) in [5, 5.41) is 4.04. The number of thiophene rings is 1. The predicted molar refractivity (Wildman–Crippen MR) is 60.0 cm³/mol. The minimum Gasteiger partial charge on any atom is -0.457 e. The van der Waals surface area contributed by atoms with Crippen molar-refractivity contribution in [2.45, 2.75) is 0 Å². The van der Waals surface area contributed by atoms with Gasteiger partial charge in [0.05, 0.1) is 0 Å². The van der Waals surface area contributed by atoms with Crippen LogP contribution in [0.4, 0.5) is 0 Å². The highest BCUT2D eigenvalue weighted by Gasteiger charge is 2.14. The molecule has 0 aliphatic carbocycles. The Morgan fingerprint density at radius 3 is 2.67 bits per heavy atom. The zero-order chi connectivity index (χ0) is 10.1. The van der Waals surface area contributed by atoms with E-state index in [0.29, 0.717) is 0 Å². The fraction of sp³-hybridized carbons (Fsp3) is 0. The Kier molecular flexibility index (Phi) is 1.96. The van der Waals surface area contributed by atoms with Crippen LogP contribution in [0.3, 0.4) is 0 Å². The van der Waals surface area contributed by atoms with Gasteiger partial charge >= 0.3 is 0 Å². The highest BCUT2D eigenvalue weighted by Crippen LogP contribution is 2.35. The maximum Gasteiger partial charge on any atom is 0.170 e. The Morgan fingerprint density at radius 2 is 1.87 bits per heavy atom. The average molecular weight is 216 g/mol. The lowest BCUT2D eigenvalue weighted by atomic mass is 10.2. The fourth-order valence-electron chi connectivity index (χ4n) is 1.42. The van der Waals surface area contributed by atoms with Gasteiger partial charge in [-0.3, -0.25) is 0 Å². The monoisotopic (exact) mass is 216 g/mol. The summed E-state index contributed by atoms with van der Waals surface area (Å²) in [5.74, 6) is 2.28. The first-order chi connectivity index (χ1) is 7.43. The third-order valence-corrected chi connectivity index (χ3v) is 2.85. The molecule has 15 heavy (non-hydrogen) atoms. The molecule has 3 rings (SSSR count). The first-order valence-corrected chi connectivity index (χ1v) is 5.54. The third kappa shape index (κ3) is 1.51.